The molecular formula is C25H30N4O3. The third-order valence-corrected chi connectivity index (χ3v) is 7.47. The Balaban J connectivity index is 1.55. The van der Waals surface area contributed by atoms with Crippen molar-refractivity contribution in [1.29, 1.82) is 0 Å². The predicted octanol–water partition coefficient (Wildman–Crippen LogP) is 2.73. The van der Waals surface area contributed by atoms with E-state index < -0.39 is 0 Å². The Hall–Kier alpha value is -2.90. The Morgan fingerprint density at radius 3 is 2.69 bits per heavy atom. The summed E-state index contributed by atoms with van der Waals surface area (Å²) >= 11 is 0. The number of pyridine rings is 1. The molecular weight excluding hydrogens is 404 g/mol. The molecule has 4 heterocycles. The van der Waals surface area contributed by atoms with E-state index in [4.69, 9.17) is 4.74 Å². The lowest BCUT2D eigenvalue weighted by molar-refractivity contribution is 0.0506. The number of fused-ring (bicyclic) bond motifs is 4. The van der Waals surface area contributed by atoms with Crippen LogP contribution in [0, 0.1) is 0 Å². The molecule has 3 aromatic rings. The van der Waals surface area contributed by atoms with Crippen LogP contribution in [0.4, 0.5) is 0 Å². The molecule has 7 heteroatoms. The average Bonchev–Trinajstić information content (AvgIpc) is 3.12. The fraction of sp³-hybridized carbons (Fsp3) is 0.440. The maximum atomic E-state index is 13.0. The molecule has 1 amide bonds. The van der Waals surface area contributed by atoms with E-state index in [2.05, 4.69) is 40.7 Å². The van der Waals surface area contributed by atoms with Gasteiger partial charge in [0.05, 0.1) is 30.8 Å². The predicted molar refractivity (Wildman–Crippen MR) is 123 cm³/mol. The van der Waals surface area contributed by atoms with Gasteiger partial charge in [0.25, 0.3) is 5.91 Å². The first-order valence-corrected chi connectivity index (χ1v) is 11.2. The van der Waals surface area contributed by atoms with Crippen molar-refractivity contribution in [3.63, 3.8) is 0 Å². The number of piperidine rings is 1. The topological polar surface area (TPSA) is 70.8 Å². The number of ether oxygens (including phenoxy) is 1. The van der Waals surface area contributed by atoms with Crippen LogP contribution in [0.15, 0.2) is 42.7 Å². The molecule has 1 spiro atoms. The molecule has 32 heavy (non-hydrogen) atoms. The number of aryl methyl sites for hydroxylation is 1. The number of carbonyl (C=O) groups is 1. The van der Waals surface area contributed by atoms with E-state index in [1.807, 2.05) is 17.0 Å². The third kappa shape index (κ3) is 3.11. The molecule has 0 bridgehead atoms. The molecule has 2 aliphatic heterocycles. The number of hydrogen-bond donors (Lipinski definition) is 1. The second-order valence-electron chi connectivity index (χ2n) is 9.13. The molecule has 1 atom stereocenters. The van der Waals surface area contributed by atoms with Crippen LogP contribution in [-0.4, -0.2) is 70.8 Å². The third-order valence-electron chi connectivity index (χ3n) is 7.47. The molecule has 1 saturated heterocycles. The zero-order valence-corrected chi connectivity index (χ0v) is 18.9. The highest BCUT2D eigenvalue weighted by atomic mass is 16.5. The summed E-state index contributed by atoms with van der Waals surface area (Å²) in [7, 11) is 5.86. The lowest BCUT2D eigenvalue weighted by Gasteiger charge is -2.49. The number of nitrogens with zero attached hydrogens (tertiary/aromatic N) is 4. The largest absolute Gasteiger partial charge is 0.497 e. The second kappa shape index (κ2) is 7.90. The normalized spacial score (nSPS) is 20.5. The second-order valence-corrected chi connectivity index (χ2v) is 9.13. The highest BCUT2D eigenvalue weighted by Crippen LogP contribution is 2.49. The molecule has 1 fully saturated rings. The first kappa shape index (κ1) is 21.0. The highest BCUT2D eigenvalue weighted by Gasteiger charge is 2.47. The average molecular weight is 435 g/mol. The Morgan fingerprint density at radius 2 is 2.03 bits per heavy atom. The number of aromatic nitrogens is 2. The van der Waals surface area contributed by atoms with E-state index in [9.17, 15) is 9.90 Å². The number of aliphatic hydroxyl groups excluding tert-OH is 1. The monoisotopic (exact) mass is 434 g/mol. The van der Waals surface area contributed by atoms with E-state index in [0.29, 0.717) is 18.7 Å². The summed E-state index contributed by atoms with van der Waals surface area (Å²) in [5, 5.41) is 11.5. The van der Waals surface area contributed by atoms with Crippen molar-refractivity contribution < 1.29 is 14.6 Å². The van der Waals surface area contributed by atoms with Gasteiger partial charge in [-0.15, -0.1) is 0 Å². The molecule has 0 unspecified atom stereocenters. The number of methoxy groups -OCH3 is 1. The summed E-state index contributed by atoms with van der Waals surface area (Å²) in [5.41, 5.74) is 4.22. The maximum Gasteiger partial charge on any atom is 0.255 e. The van der Waals surface area contributed by atoms with Gasteiger partial charge in [-0.3, -0.25) is 14.7 Å². The van der Waals surface area contributed by atoms with Gasteiger partial charge in [0.2, 0.25) is 0 Å². The van der Waals surface area contributed by atoms with Crippen molar-refractivity contribution in [3.05, 3.63) is 59.5 Å². The number of hydrogen-bond acceptors (Lipinski definition) is 5. The van der Waals surface area contributed by atoms with Crippen molar-refractivity contribution in [1.82, 2.24) is 19.4 Å². The van der Waals surface area contributed by atoms with Crippen LogP contribution < -0.4 is 4.74 Å². The van der Waals surface area contributed by atoms with Crippen molar-refractivity contribution in [2.24, 2.45) is 7.05 Å². The lowest BCUT2D eigenvalue weighted by atomic mass is 9.68. The zero-order chi connectivity index (χ0) is 22.5. The highest BCUT2D eigenvalue weighted by molar-refractivity contribution is 5.94. The van der Waals surface area contributed by atoms with Crippen LogP contribution in [0.25, 0.3) is 10.9 Å². The molecule has 0 aliphatic carbocycles. The molecule has 168 valence electrons. The Morgan fingerprint density at radius 1 is 1.25 bits per heavy atom. The van der Waals surface area contributed by atoms with E-state index in [1.165, 1.54) is 16.6 Å². The Kier molecular flexibility index (Phi) is 5.18. The van der Waals surface area contributed by atoms with Gasteiger partial charge in [0.1, 0.15) is 5.75 Å². The number of rotatable bonds is 3. The number of aliphatic hydroxyl groups is 1. The number of likely N-dealkylation sites (tertiary alicyclic amines) is 1. The van der Waals surface area contributed by atoms with E-state index in [0.717, 1.165) is 30.7 Å². The number of amides is 1. The van der Waals surface area contributed by atoms with Crippen LogP contribution in [0.2, 0.25) is 0 Å². The quantitative estimate of drug-likeness (QED) is 0.686. The summed E-state index contributed by atoms with van der Waals surface area (Å²) in [6, 6.07) is 9.84. The summed E-state index contributed by atoms with van der Waals surface area (Å²) in [6.45, 7) is 2.35. The van der Waals surface area contributed by atoms with Gasteiger partial charge in [-0.25, -0.2) is 0 Å². The van der Waals surface area contributed by atoms with Gasteiger partial charge in [-0.2, -0.15) is 0 Å². The van der Waals surface area contributed by atoms with Crippen LogP contribution in [0.5, 0.6) is 5.75 Å². The van der Waals surface area contributed by atoms with Crippen LogP contribution in [0.3, 0.4) is 0 Å². The Bertz CT molecular complexity index is 1150. The van der Waals surface area contributed by atoms with Crippen molar-refractivity contribution in [3.8, 4) is 5.75 Å². The number of carbonyl (C=O) groups excluding carboxylic acids is 1. The smallest absolute Gasteiger partial charge is 0.255 e. The van der Waals surface area contributed by atoms with E-state index in [-0.39, 0.29) is 24.0 Å². The molecule has 2 aromatic heterocycles. The Labute approximate surface area is 188 Å². The minimum Gasteiger partial charge on any atom is -0.497 e. The first-order valence-electron chi connectivity index (χ1n) is 11.2. The van der Waals surface area contributed by atoms with Gasteiger partial charge < -0.3 is 19.3 Å². The van der Waals surface area contributed by atoms with E-state index in [1.54, 1.807) is 25.6 Å². The van der Waals surface area contributed by atoms with Gasteiger partial charge in [-0.05, 0) is 49.7 Å². The van der Waals surface area contributed by atoms with E-state index >= 15 is 0 Å². The molecule has 1 N–H and O–H groups in total. The number of likely N-dealkylation sites (N-methyl/N-ethyl adjacent to an activating group) is 1. The van der Waals surface area contributed by atoms with Crippen LogP contribution in [-0.2, 0) is 12.5 Å². The fourth-order valence-electron chi connectivity index (χ4n) is 5.83. The van der Waals surface area contributed by atoms with Crippen molar-refractivity contribution >= 4 is 16.8 Å². The first-order chi connectivity index (χ1) is 15.5. The van der Waals surface area contributed by atoms with Crippen LogP contribution in [0.1, 0.15) is 40.5 Å². The lowest BCUT2D eigenvalue weighted by Crippen LogP contribution is -2.53. The van der Waals surface area contributed by atoms with Gasteiger partial charge >= 0.3 is 0 Å². The fourth-order valence-corrected chi connectivity index (χ4v) is 5.83. The summed E-state index contributed by atoms with van der Waals surface area (Å²) < 4.78 is 7.70. The van der Waals surface area contributed by atoms with Gasteiger partial charge in [0.15, 0.2) is 0 Å². The molecule has 1 aromatic carbocycles. The minimum absolute atomic E-state index is 0.0472. The molecule has 7 nitrogen and oxygen atoms in total. The zero-order valence-electron chi connectivity index (χ0n) is 18.9. The SMILES string of the molecule is COc1ccc2c3c(n(C)c2c1)[C@@H](CO)N(C)CC31CCN(C(=O)c2cccnc2)CC1. The molecule has 5 rings (SSSR count). The van der Waals surface area contributed by atoms with Crippen LogP contribution >= 0.6 is 0 Å². The van der Waals surface area contributed by atoms with Crippen molar-refractivity contribution in [2.45, 2.75) is 24.3 Å². The van der Waals surface area contributed by atoms with Crippen molar-refractivity contribution in [2.75, 3.05) is 40.4 Å². The maximum absolute atomic E-state index is 13.0. The molecule has 0 radical (unpaired) electrons. The van der Waals surface area contributed by atoms with Gasteiger partial charge in [-0.1, -0.05) is 0 Å². The minimum atomic E-state index is -0.0600. The molecule has 0 saturated carbocycles. The number of benzene rings is 1. The summed E-state index contributed by atoms with van der Waals surface area (Å²) in [5.74, 6) is 0.878. The summed E-state index contributed by atoms with van der Waals surface area (Å²) in [6.07, 6.45) is 5.11. The van der Waals surface area contributed by atoms with Gasteiger partial charge in [0, 0.05) is 61.6 Å². The summed E-state index contributed by atoms with van der Waals surface area (Å²) in [4.78, 5) is 21.3. The molecule has 2 aliphatic rings. The standard InChI is InChI=1S/C25H30N4O3/c1-27-16-25(8-11-29(12-9-25)24(31)17-5-4-10-26-14-17)22-19-7-6-18(32-3)13-20(19)28(2)23(22)21(27)15-30/h4-7,10,13-14,21,30H,8-9,11-12,15-16H2,1-3H3/t21-/m1/s1.